The van der Waals surface area contributed by atoms with E-state index in [1.807, 2.05) is 0 Å². The fourth-order valence-electron chi connectivity index (χ4n) is 3.25. The van der Waals surface area contributed by atoms with Crippen LogP contribution in [-0.2, 0) is 0 Å². The van der Waals surface area contributed by atoms with Crippen LogP contribution in [-0.4, -0.2) is 36.3 Å². The van der Waals surface area contributed by atoms with Gasteiger partial charge in [0.1, 0.15) is 0 Å². The molecule has 0 aromatic carbocycles. The van der Waals surface area contributed by atoms with Gasteiger partial charge >= 0.3 is 0 Å². The van der Waals surface area contributed by atoms with Gasteiger partial charge in [-0.05, 0) is 45.2 Å². The molecule has 4 atom stereocenters. The predicted molar refractivity (Wildman–Crippen MR) is 50.7 cm³/mol. The van der Waals surface area contributed by atoms with Crippen molar-refractivity contribution in [3.8, 4) is 0 Å². The summed E-state index contributed by atoms with van der Waals surface area (Å²) < 4.78 is 0. The Labute approximate surface area is 78.7 Å². The Morgan fingerprint density at radius 1 is 0.923 bits per heavy atom. The van der Waals surface area contributed by atoms with E-state index < -0.39 is 0 Å². The fourth-order valence-corrected chi connectivity index (χ4v) is 3.25. The molecule has 0 spiro atoms. The summed E-state index contributed by atoms with van der Waals surface area (Å²) in [6.07, 6.45) is 3.34. The Hall–Kier alpha value is -0.160. The third-order valence-corrected chi connectivity index (χ3v) is 3.67. The Bertz CT molecular complexity index is 176. The van der Waals surface area contributed by atoms with Gasteiger partial charge in [0.15, 0.2) is 0 Å². The average molecular weight is 184 g/mol. The molecule has 2 bridgehead atoms. The lowest BCUT2D eigenvalue weighted by atomic mass is 9.90. The maximum atomic E-state index is 11.3. The number of rotatable bonds is 2. The first-order chi connectivity index (χ1) is 6.11. The molecule has 0 radical (unpaired) electrons. The van der Waals surface area contributed by atoms with Crippen LogP contribution in [0.25, 0.3) is 0 Å². The first-order valence-corrected chi connectivity index (χ1v) is 4.91. The van der Waals surface area contributed by atoms with Crippen molar-refractivity contribution >= 4 is 0 Å². The Kier molecular flexibility index (Phi) is 2.32. The minimum Gasteiger partial charge on any atom is -0.785 e. The van der Waals surface area contributed by atoms with Crippen LogP contribution in [0.2, 0.25) is 0 Å². The van der Waals surface area contributed by atoms with E-state index in [0.29, 0.717) is 11.8 Å². The van der Waals surface area contributed by atoms with Gasteiger partial charge < -0.3 is 20.5 Å². The van der Waals surface area contributed by atoms with Crippen molar-refractivity contribution < 1.29 is 0 Å². The van der Waals surface area contributed by atoms with Gasteiger partial charge in [-0.25, -0.2) is 0 Å². The summed E-state index contributed by atoms with van der Waals surface area (Å²) in [5, 5.41) is 24.6. The molecular weight excluding hydrogens is 168 g/mol. The van der Waals surface area contributed by atoms with Crippen LogP contribution < -0.4 is 0 Å². The Balaban J connectivity index is 2.15. The maximum Gasteiger partial charge on any atom is 0.0153 e. The zero-order chi connectivity index (χ0) is 9.59. The van der Waals surface area contributed by atoms with Crippen molar-refractivity contribution in [2.75, 3.05) is 14.1 Å². The largest absolute Gasteiger partial charge is 0.785 e. The summed E-state index contributed by atoms with van der Waals surface area (Å²) in [6, 6.07) is -0.109. The third kappa shape index (κ3) is 1.38. The lowest BCUT2D eigenvalue weighted by Gasteiger charge is -2.47. The van der Waals surface area contributed by atoms with E-state index in [0.717, 1.165) is 29.4 Å². The van der Waals surface area contributed by atoms with E-state index >= 15 is 0 Å². The van der Waals surface area contributed by atoms with Gasteiger partial charge in [0, 0.05) is 12.1 Å². The second-order valence-corrected chi connectivity index (χ2v) is 4.41. The van der Waals surface area contributed by atoms with E-state index in [1.54, 1.807) is 14.1 Å². The van der Waals surface area contributed by atoms with Crippen LogP contribution in [0.5, 0.6) is 0 Å². The molecule has 0 saturated heterocycles. The zero-order valence-electron chi connectivity index (χ0n) is 8.14. The van der Waals surface area contributed by atoms with Gasteiger partial charge in [-0.3, -0.25) is 0 Å². The molecule has 2 rings (SSSR count). The van der Waals surface area contributed by atoms with Crippen LogP contribution in [0.1, 0.15) is 19.3 Å². The fraction of sp³-hybridized carbons (Fsp3) is 1.00. The molecule has 76 valence electrons. The van der Waals surface area contributed by atoms with Crippen LogP contribution in [0.4, 0.5) is 0 Å². The standard InChI is InChI=1S/C9H16N2O2/c1-10(12)8-6-3-4-7(5-6)9(8)11(2)13/h6-9H,3-5H2,1-2H3/q-2. The molecule has 0 aliphatic heterocycles. The summed E-state index contributed by atoms with van der Waals surface area (Å²) >= 11 is 0. The minimum absolute atomic E-state index is 0.0544. The number of fused-ring (bicyclic) bond motifs is 2. The van der Waals surface area contributed by atoms with Gasteiger partial charge in [0.2, 0.25) is 0 Å². The van der Waals surface area contributed by atoms with Gasteiger partial charge in [0.05, 0.1) is 0 Å². The van der Waals surface area contributed by atoms with Crippen molar-refractivity contribution in [1.82, 2.24) is 10.1 Å². The molecule has 0 aromatic heterocycles. The lowest BCUT2D eigenvalue weighted by Crippen LogP contribution is -2.49. The van der Waals surface area contributed by atoms with E-state index in [-0.39, 0.29) is 12.1 Å². The van der Waals surface area contributed by atoms with Crippen LogP contribution in [0.3, 0.4) is 0 Å². The molecule has 2 aliphatic carbocycles. The van der Waals surface area contributed by atoms with Crippen molar-refractivity contribution in [2.45, 2.75) is 31.3 Å². The number of hydroxylamine groups is 4. The van der Waals surface area contributed by atoms with Crippen molar-refractivity contribution in [1.29, 1.82) is 0 Å². The topological polar surface area (TPSA) is 52.6 Å². The van der Waals surface area contributed by atoms with Gasteiger partial charge in [-0.2, -0.15) is 0 Å². The summed E-state index contributed by atoms with van der Waals surface area (Å²) in [4.78, 5) is 0. The number of nitrogens with zero attached hydrogens (tertiary/aromatic N) is 2. The molecule has 2 saturated carbocycles. The molecular formula is C9H16N2O2-2. The smallest absolute Gasteiger partial charge is 0.0153 e. The van der Waals surface area contributed by atoms with Crippen LogP contribution in [0, 0.1) is 22.3 Å². The van der Waals surface area contributed by atoms with E-state index in [1.165, 1.54) is 0 Å². The highest BCUT2D eigenvalue weighted by Crippen LogP contribution is 2.47. The van der Waals surface area contributed by atoms with Gasteiger partial charge in [-0.15, -0.1) is 0 Å². The Morgan fingerprint density at radius 3 is 1.62 bits per heavy atom. The summed E-state index contributed by atoms with van der Waals surface area (Å²) in [5.41, 5.74) is 0. The summed E-state index contributed by atoms with van der Waals surface area (Å²) in [5.74, 6) is 0.933. The van der Waals surface area contributed by atoms with E-state index in [9.17, 15) is 10.4 Å². The maximum absolute atomic E-state index is 11.3. The quantitative estimate of drug-likeness (QED) is 0.601. The number of hydrogen-bond acceptors (Lipinski definition) is 4. The molecule has 0 heterocycles. The average Bonchev–Trinajstić information content (AvgIpc) is 2.60. The SMILES string of the molecule is CN([O-])C1C2CCC(C2)C1N(C)[O-]. The second kappa shape index (κ2) is 3.20. The predicted octanol–water partition coefficient (Wildman–Crippen LogP) is 1.01. The molecule has 13 heavy (non-hydrogen) atoms. The minimum atomic E-state index is -0.0544. The van der Waals surface area contributed by atoms with E-state index in [4.69, 9.17) is 0 Å². The summed E-state index contributed by atoms with van der Waals surface area (Å²) in [7, 11) is 3.09. The second-order valence-electron chi connectivity index (χ2n) is 4.41. The number of hydrogen-bond donors (Lipinski definition) is 0. The van der Waals surface area contributed by atoms with Gasteiger partial charge in [-0.1, -0.05) is 0 Å². The normalized spacial score (nSPS) is 43.8. The van der Waals surface area contributed by atoms with Crippen molar-refractivity contribution in [2.24, 2.45) is 11.8 Å². The molecule has 0 N–H and O–H groups in total. The first-order valence-electron chi connectivity index (χ1n) is 4.91. The van der Waals surface area contributed by atoms with Gasteiger partial charge in [0.25, 0.3) is 0 Å². The lowest BCUT2D eigenvalue weighted by molar-refractivity contribution is 0.126. The summed E-state index contributed by atoms with van der Waals surface area (Å²) in [6.45, 7) is 0. The molecule has 0 aromatic rings. The molecule has 4 nitrogen and oxygen atoms in total. The monoisotopic (exact) mass is 184 g/mol. The zero-order valence-corrected chi connectivity index (χ0v) is 8.14. The first kappa shape index (κ1) is 9.40. The highest BCUT2D eigenvalue weighted by Gasteiger charge is 2.47. The van der Waals surface area contributed by atoms with Crippen molar-refractivity contribution in [3.05, 3.63) is 10.4 Å². The molecule has 2 aliphatic rings. The molecule has 4 unspecified atom stereocenters. The van der Waals surface area contributed by atoms with Crippen LogP contribution in [0.15, 0.2) is 0 Å². The highest BCUT2D eigenvalue weighted by molar-refractivity contribution is 5.05. The highest BCUT2D eigenvalue weighted by atomic mass is 16.5. The van der Waals surface area contributed by atoms with E-state index in [2.05, 4.69) is 0 Å². The third-order valence-electron chi connectivity index (χ3n) is 3.67. The van der Waals surface area contributed by atoms with Crippen molar-refractivity contribution in [3.63, 3.8) is 0 Å². The number of likely N-dealkylation sites (N-methyl/N-ethyl adjacent to an activating group) is 2. The Morgan fingerprint density at radius 2 is 1.31 bits per heavy atom. The molecule has 0 amide bonds. The molecule has 2 fully saturated rings. The molecule has 4 heteroatoms. The van der Waals surface area contributed by atoms with Crippen LogP contribution >= 0.6 is 0 Å².